The molecule has 1 N–H and O–H groups in total. The van der Waals surface area contributed by atoms with Crippen molar-refractivity contribution < 1.29 is 9.59 Å². The van der Waals surface area contributed by atoms with Gasteiger partial charge in [-0.25, -0.2) is 0 Å². The summed E-state index contributed by atoms with van der Waals surface area (Å²) in [5.41, 5.74) is 1.58. The summed E-state index contributed by atoms with van der Waals surface area (Å²) in [4.78, 5) is 25.6. The third-order valence-corrected chi connectivity index (χ3v) is 3.95. The van der Waals surface area contributed by atoms with Crippen molar-refractivity contribution >= 4 is 23.4 Å². The van der Waals surface area contributed by atoms with Crippen molar-refractivity contribution in [3.8, 4) is 0 Å². The quantitative estimate of drug-likeness (QED) is 0.902. The van der Waals surface area contributed by atoms with Crippen molar-refractivity contribution in [1.29, 1.82) is 0 Å². The third-order valence-electron chi connectivity index (χ3n) is 3.48. The Kier molecular flexibility index (Phi) is 4.32. The molecule has 20 heavy (non-hydrogen) atoms. The molecule has 0 aliphatic carbocycles. The van der Waals surface area contributed by atoms with Gasteiger partial charge < -0.3 is 10.2 Å². The van der Waals surface area contributed by atoms with Crippen molar-refractivity contribution in [2.45, 2.75) is 39.3 Å². The van der Waals surface area contributed by atoms with Gasteiger partial charge in [-0.15, -0.1) is 0 Å². The lowest BCUT2D eigenvalue weighted by atomic mass is 10.1. The van der Waals surface area contributed by atoms with Crippen LogP contribution in [-0.2, 0) is 23.2 Å². The Hall–Kier alpha value is -1.56. The monoisotopic (exact) mass is 298 g/mol. The minimum Gasteiger partial charge on any atom is -0.343 e. The number of carbonyl (C=O) groups is 2. The van der Waals surface area contributed by atoms with Crippen LogP contribution in [-0.4, -0.2) is 39.1 Å². The summed E-state index contributed by atoms with van der Waals surface area (Å²) < 4.78 is 1.57. The number of carbonyl (C=O) groups excluding carboxylic acids is 2. The highest BCUT2D eigenvalue weighted by atomic mass is 35.5. The predicted octanol–water partition coefficient (Wildman–Crippen LogP) is 1.01. The van der Waals surface area contributed by atoms with Gasteiger partial charge in [-0.3, -0.25) is 14.3 Å². The van der Waals surface area contributed by atoms with Crippen LogP contribution in [0, 0.1) is 6.92 Å². The smallest absolute Gasteiger partial charge is 0.245 e. The fourth-order valence-electron chi connectivity index (χ4n) is 2.44. The van der Waals surface area contributed by atoms with Crippen LogP contribution in [0.25, 0.3) is 0 Å². The number of piperazine rings is 1. The van der Waals surface area contributed by atoms with E-state index in [0.29, 0.717) is 18.1 Å². The highest BCUT2D eigenvalue weighted by molar-refractivity contribution is 6.30. The van der Waals surface area contributed by atoms with Gasteiger partial charge >= 0.3 is 0 Å². The van der Waals surface area contributed by atoms with Crippen LogP contribution in [0.3, 0.4) is 0 Å². The largest absolute Gasteiger partial charge is 0.343 e. The molecule has 0 saturated carbocycles. The molecule has 1 saturated heterocycles. The Morgan fingerprint density at radius 3 is 2.70 bits per heavy atom. The van der Waals surface area contributed by atoms with Gasteiger partial charge in [0.05, 0.1) is 18.8 Å². The van der Waals surface area contributed by atoms with E-state index < -0.39 is 6.04 Å². The second-order valence-corrected chi connectivity index (χ2v) is 5.44. The summed E-state index contributed by atoms with van der Waals surface area (Å²) in [5.74, 6) is -0.175. The molecule has 0 aromatic carbocycles. The van der Waals surface area contributed by atoms with E-state index in [2.05, 4.69) is 10.4 Å². The molecule has 2 amide bonds. The average molecular weight is 299 g/mol. The van der Waals surface area contributed by atoms with Crippen LogP contribution in [0.4, 0.5) is 0 Å². The molecule has 1 fully saturated rings. The summed E-state index contributed by atoms with van der Waals surface area (Å²) in [6.45, 7) is 4.23. The molecular formula is C13H19ClN4O2. The normalized spacial score (nSPS) is 19.4. The Bertz CT molecular complexity index is 541. The SMILES string of the molecule is CCCC1NC(=O)CN(Cc2c(C)nn(C)c2Cl)C1=O. The summed E-state index contributed by atoms with van der Waals surface area (Å²) in [6, 6.07) is -0.419. The summed E-state index contributed by atoms with van der Waals surface area (Å²) in [6.07, 6.45) is 1.50. The maximum atomic E-state index is 12.3. The number of hydrogen-bond donors (Lipinski definition) is 1. The van der Waals surface area contributed by atoms with Crippen LogP contribution in [0.15, 0.2) is 0 Å². The van der Waals surface area contributed by atoms with Gasteiger partial charge in [0.2, 0.25) is 11.8 Å². The molecule has 6 nitrogen and oxygen atoms in total. The summed E-state index contributed by atoms with van der Waals surface area (Å²) in [7, 11) is 1.75. The number of amides is 2. The van der Waals surface area contributed by atoms with Gasteiger partial charge in [-0.2, -0.15) is 5.10 Å². The fraction of sp³-hybridized carbons (Fsp3) is 0.615. The summed E-state index contributed by atoms with van der Waals surface area (Å²) in [5, 5.41) is 7.46. The maximum absolute atomic E-state index is 12.3. The molecule has 2 heterocycles. The van der Waals surface area contributed by atoms with E-state index in [-0.39, 0.29) is 18.4 Å². The maximum Gasteiger partial charge on any atom is 0.245 e. The molecule has 0 spiro atoms. The first-order valence-electron chi connectivity index (χ1n) is 6.70. The van der Waals surface area contributed by atoms with Gasteiger partial charge in [0.25, 0.3) is 0 Å². The van der Waals surface area contributed by atoms with Gasteiger partial charge in [0.1, 0.15) is 11.2 Å². The van der Waals surface area contributed by atoms with Crippen molar-refractivity contribution in [1.82, 2.24) is 20.0 Å². The lowest BCUT2D eigenvalue weighted by molar-refractivity contribution is -0.145. The fourth-order valence-corrected chi connectivity index (χ4v) is 2.67. The topological polar surface area (TPSA) is 67.2 Å². The van der Waals surface area contributed by atoms with Crippen LogP contribution < -0.4 is 5.32 Å². The molecule has 1 aliphatic heterocycles. The first-order chi connectivity index (χ1) is 9.43. The van der Waals surface area contributed by atoms with E-state index in [9.17, 15) is 9.59 Å². The zero-order valence-corrected chi connectivity index (χ0v) is 12.7. The Labute approximate surface area is 123 Å². The number of nitrogens with zero attached hydrogens (tertiary/aromatic N) is 3. The first kappa shape index (κ1) is 14.8. The third kappa shape index (κ3) is 2.80. The van der Waals surface area contributed by atoms with Gasteiger partial charge in [-0.1, -0.05) is 24.9 Å². The van der Waals surface area contributed by atoms with Gasteiger partial charge in [0.15, 0.2) is 0 Å². The molecule has 1 aliphatic rings. The van der Waals surface area contributed by atoms with Crippen molar-refractivity contribution in [3.63, 3.8) is 0 Å². The molecule has 110 valence electrons. The van der Waals surface area contributed by atoms with Crippen molar-refractivity contribution in [2.75, 3.05) is 6.54 Å². The molecule has 0 bridgehead atoms. The van der Waals surface area contributed by atoms with Crippen molar-refractivity contribution in [2.24, 2.45) is 7.05 Å². The molecular weight excluding hydrogens is 280 g/mol. The van der Waals surface area contributed by atoms with Crippen LogP contribution in [0.2, 0.25) is 5.15 Å². The molecule has 1 aromatic rings. The minimum absolute atomic E-state index is 0.0502. The van der Waals surface area contributed by atoms with Crippen LogP contribution in [0.1, 0.15) is 31.0 Å². The molecule has 1 atom stereocenters. The van der Waals surface area contributed by atoms with Crippen molar-refractivity contribution in [3.05, 3.63) is 16.4 Å². The van der Waals surface area contributed by atoms with E-state index in [0.717, 1.165) is 17.7 Å². The van der Waals surface area contributed by atoms with Gasteiger partial charge in [-0.05, 0) is 13.3 Å². The lowest BCUT2D eigenvalue weighted by Crippen LogP contribution is -2.57. The number of halogens is 1. The lowest BCUT2D eigenvalue weighted by Gasteiger charge is -2.32. The Morgan fingerprint density at radius 2 is 2.15 bits per heavy atom. The number of aromatic nitrogens is 2. The zero-order valence-electron chi connectivity index (χ0n) is 11.9. The van der Waals surface area contributed by atoms with Gasteiger partial charge in [0, 0.05) is 12.6 Å². The number of aryl methyl sites for hydroxylation is 2. The average Bonchev–Trinajstić information content (AvgIpc) is 2.62. The second-order valence-electron chi connectivity index (χ2n) is 5.08. The first-order valence-corrected chi connectivity index (χ1v) is 7.08. The standard InChI is InChI=1S/C13H19ClN4O2/c1-4-5-10-13(20)18(7-11(19)15-10)6-9-8(2)16-17(3)12(9)14/h10H,4-7H2,1-3H3,(H,15,19). The van der Waals surface area contributed by atoms with E-state index in [4.69, 9.17) is 11.6 Å². The highest BCUT2D eigenvalue weighted by Crippen LogP contribution is 2.22. The van der Waals surface area contributed by atoms with E-state index in [1.807, 2.05) is 13.8 Å². The Balaban J connectivity index is 2.19. The molecule has 1 aromatic heterocycles. The van der Waals surface area contributed by atoms with E-state index in [1.165, 1.54) is 0 Å². The summed E-state index contributed by atoms with van der Waals surface area (Å²) >= 11 is 6.18. The molecule has 1 unspecified atom stereocenters. The number of hydrogen-bond acceptors (Lipinski definition) is 3. The molecule has 7 heteroatoms. The minimum atomic E-state index is -0.419. The van der Waals surface area contributed by atoms with Crippen LogP contribution >= 0.6 is 11.6 Å². The Morgan fingerprint density at radius 1 is 1.45 bits per heavy atom. The number of nitrogens with one attached hydrogen (secondary N) is 1. The predicted molar refractivity (Wildman–Crippen MR) is 75.2 cm³/mol. The number of rotatable bonds is 4. The van der Waals surface area contributed by atoms with E-state index in [1.54, 1.807) is 16.6 Å². The van der Waals surface area contributed by atoms with Crippen LogP contribution in [0.5, 0.6) is 0 Å². The second kappa shape index (κ2) is 5.83. The molecule has 0 radical (unpaired) electrons. The highest BCUT2D eigenvalue weighted by Gasteiger charge is 2.32. The molecule has 2 rings (SSSR count). The zero-order chi connectivity index (χ0) is 14.9. The van der Waals surface area contributed by atoms with E-state index >= 15 is 0 Å².